The first kappa shape index (κ1) is 11.1. The van der Waals surface area contributed by atoms with Crippen molar-refractivity contribution in [2.75, 3.05) is 11.9 Å². The van der Waals surface area contributed by atoms with Gasteiger partial charge in [-0.3, -0.25) is 0 Å². The highest BCUT2D eigenvalue weighted by atomic mass is 79.9. The Morgan fingerprint density at radius 3 is 2.38 bits per heavy atom. The van der Waals surface area contributed by atoms with Gasteiger partial charge in [0, 0.05) is 25.1 Å². The fraction of sp³-hybridized carbons (Fsp3) is 0.167. The van der Waals surface area contributed by atoms with Crippen LogP contribution >= 0.6 is 15.9 Å². The molecule has 0 fully saturated rings. The van der Waals surface area contributed by atoms with Gasteiger partial charge >= 0.3 is 0 Å². The molecule has 3 nitrogen and oxygen atoms in total. The number of halogens is 1. The Hall–Kier alpha value is -1.42. The maximum atomic E-state index is 4.26. The Bertz CT molecular complexity index is 482. The molecule has 4 heteroatoms. The van der Waals surface area contributed by atoms with Gasteiger partial charge in [0.1, 0.15) is 0 Å². The Morgan fingerprint density at radius 2 is 1.75 bits per heavy atom. The largest absolute Gasteiger partial charge is 0.313 e. The molecule has 1 aromatic heterocycles. The molecule has 16 heavy (non-hydrogen) atoms. The van der Waals surface area contributed by atoms with E-state index in [1.165, 1.54) is 5.56 Å². The monoisotopic (exact) mass is 277 g/mol. The van der Waals surface area contributed by atoms with E-state index in [4.69, 9.17) is 0 Å². The van der Waals surface area contributed by atoms with E-state index < -0.39 is 0 Å². The van der Waals surface area contributed by atoms with Crippen molar-refractivity contribution in [2.24, 2.45) is 0 Å². The molecule has 0 atom stereocenters. The summed E-state index contributed by atoms with van der Waals surface area (Å²) >= 11 is 3.32. The van der Waals surface area contributed by atoms with Crippen LogP contribution in [0, 0.1) is 6.92 Å². The van der Waals surface area contributed by atoms with Gasteiger partial charge in [0.15, 0.2) is 0 Å². The molecule has 0 N–H and O–H groups in total. The Labute approximate surface area is 103 Å². The van der Waals surface area contributed by atoms with Crippen LogP contribution in [-0.4, -0.2) is 17.0 Å². The molecule has 2 aromatic rings. The number of anilines is 2. The Balaban J connectivity index is 2.35. The van der Waals surface area contributed by atoms with E-state index in [2.05, 4.69) is 45.0 Å². The Morgan fingerprint density at radius 1 is 1.12 bits per heavy atom. The van der Waals surface area contributed by atoms with Gasteiger partial charge in [-0.1, -0.05) is 18.2 Å². The molecule has 1 aromatic carbocycles. The fourth-order valence-corrected chi connectivity index (χ4v) is 1.73. The first-order chi connectivity index (χ1) is 7.68. The van der Waals surface area contributed by atoms with E-state index in [9.17, 15) is 0 Å². The summed E-state index contributed by atoms with van der Waals surface area (Å²) in [5.41, 5.74) is 2.32. The quantitative estimate of drug-likeness (QED) is 0.843. The molecule has 0 aliphatic heterocycles. The third-order valence-corrected chi connectivity index (χ3v) is 2.79. The first-order valence-corrected chi connectivity index (χ1v) is 5.74. The van der Waals surface area contributed by atoms with E-state index in [0.29, 0.717) is 5.95 Å². The standard InChI is InChI=1S/C12H12BrN3/c1-9-5-3-4-6-11(9)16(2)12-14-7-10(13)8-15-12/h3-8H,1-2H3. The third kappa shape index (κ3) is 2.22. The maximum Gasteiger partial charge on any atom is 0.229 e. The van der Waals surface area contributed by atoms with Gasteiger partial charge in [-0.25, -0.2) is 9.97 Å². The summed E-state index contributed by atoms with van der Waals surface area (Å²) in [5, 5.41) is 0. The molecular weight excluding hydrogens is 266 g/mol. The van der Waals surface area contributed by atoms with Crippen molar-refractivity contribution in [3.05, 3.63) is 46.7 Å². The van der Waals surface area contributed by atoms with Crippen LogP contribution in [0.3, 0.4) is 0 Å². The number of rotatable bonds is 2. The predicted octanol–water partition coefficient (Wildman–Crippen LogP) is 3.32. The molecule has 0 radical (unpaired) electrons. The number of benzene rings is 1. The molecule has 82 valence electrons. The van der Waals surface area contributed by atoms with Gasteiger partial charge in [0.25, 0.3) is 0 Å². The summed E-state index contributed by atoms with van der Waals surface area (Å²) in [6.07, 6.45) is 3.49. The molecule has 0 saturated carbocycles. The summed E-state index contributed by atoms with van der Waals surface area (Å²) in [6, 6.07) is 8.16. The second kappa shape index (κ2) is 4.61. The molecular formula is C12H12BrN3. The van der Waals surface area contributed by atoms with Crippen molar-refractivity contribution in [3.8, 4) is 0 Å². The zero-order valence-electron chi connectivity index (χ0n) is 9.18. The number of para-hydroxylation sites is 1. The van der Waals surface area contributed by atoms with E-state index in [-0.39, 0.29) is 0 Å². The lowest BCUT2D eigenvalue weighted by Crippen LogP contribution is -2.13. The van der Waals surface area contributed by atoms with Crippen molar-refractivity contribution in [1.29, 1.82) is 0 Å². The average Bonchev–Trinajstić information content (AvgIpc) is 2.30. The zero-order chi connectivity index (χ0) is 11.5. The number of aromatic nitrogens is 2. The topological polar surface area (TPSA) is 29.0 Å². The van der Waals surface area contributed by atoms with E-state index in [1.54, 1.807) is 12.4 Å². The highest BCUT2D eigenvalue weighted by Crippen LogP contribution is 2.23. The summed E-state index contributed by atoms with van der Waals surface area (Å²) < 4.78 is 0.884. The molecule has 0 aliphatic rings. The zero-order valence-corrected chi connectivity index (χ0v) is 10.8. The summed E-state index contributed by atoms with van der Waals surface area (Å²) in [5.74, 6) is 0.692. The molecule has 0 unspecified atom stereocenters. The number of aryl methyl sites for hydroxylation is 1. The summed E-state index contributed by atoms with van der Waals surface area (Å²) in [6.45, 7) is 2.07. The van der Waals surface area contributed by atoms with Gasteiger partial charge in [-0.05, 0) is 34.5 Å². The number of hydrogen-bond acceptors (Lipinski definition) is 3. The smallest absolute Gasteiger partial charge is 0.229 e. The first-order valence-electron chi connectivity index (χ1n) is 4.95. The second-order valence-electron chi connectivity index (χ2n) is 3.55. The average molecular weight is 278 g/mol. The van der Waals surface area contributed by atoms with Crippen LogP contribution in [0.25, 0.3) is 0 Å². The van der Waals surface area contributed by atoms with Gasteiger partial charge in [-0.2, -0.15) is 0 Å². The molecule has 0 aliphatic carbocycles. The number of nitrogens with zero attached hydrogens (tertiary/aromatic N) is 3. The summed E-state index contributed by atoms with van der Waals surface area (Å²) in [7, 11) is 1.96. The molecule has 1 heterocycles. The molecule has 0 amide bonds. The van der Waals surface area contributed by atoms with Gasteiger partial charge in [0.05, 0.1) is 4.47 Å². The van der Waals surface area contributed by atoms with E-state index >= 15 is 0 Å². The highest BCUT2D eigenvalue weighted by Gasteiger charge is 2.08. The molecule has 0 saturated heterocycles. The lowest BCUT2D eigenvalue weighted by Gasteiger charge is -2.18. The number of hydrogen-bond donors (Lipinski definition) is 0. The van der Waals surface area contributed by atoms with Crippen molar-refractivity contribution in [2.45, 2.75) is 6.92 Å². The second-order valence-corrected chi connectivity index (χ2v) is 4.46. The van der Waals surface area contributed by atoms with Crippen LogP contribution in [0.2, 0.25) is 0 Å². The van der Waals surface area contributed by atoms with Crippen LogP contribution in [0.1, 0.15) is 5.56 Å². The minimum atomic E-state index is 0.692. The molecule has 2 rings (SSSR count). The lowest BCUT2D eigenvalue weighted by molar-refractivity contribution is 1.03. The van der Waals surface area contributed by atoms with Crippen LogP contribution < -0.4 is 4.90 Å². The fourth-order valence-electron chi connectivity index (χ4n) is 1.53. The van der Waals surface area contributed by atoms with Gasteiger partial charge in [-0.15, -0.1) is 0 Å². The van der Waals surface area contributed by atoms with Crippen LogP contribution in [0.5, 0.6) is 0 Å². The van der Waals surface area contributed by atoms with Crippen LogP contribution in [-0.2, 0) is 0 Å². The normalized spacial score (nSPS) is 10.2. The molecule has 0 spiro atoms. The third-order valence-electron chi connectivity index (χ3n) is 2.38. The molecule has 0 bridgehead atoms. The van der Waals surface area contributed by atoms with Crippen molar-refractivity contribution in [3.63, 3.8) is 0 Å². The van der Waals surface area contributed by atoms with Gasteiger partial charge < -0.3 is 4.90 Å². The van der Waals surface area contributed by atoms with Crippen LogP contribution in [0.15, 0.2) is 41.1 Å². The van der Waals surface area contributed by atoms with Crippen molar-refractivity contribution in [1.82, 2.24) is 9.97 Å². The van der Waals surface area contributed by atoms with Gasteiger partial charge in [0.2, 0.25) is 5.95 Å². The van der Waals surface area contributed by atoms with Crippen molar-refractivity contribution >= 4 is 27.6 Å². The minimum absolute atomic E-state index is 0.692. The van der Waals surface area contributed by atoms with E-state index in [1.807, 2.05) is 24.1 Å². The lowest BCUT2D eigenvalue weighted by atomic mass is 10.2. The Kier molecular flexibility index (Phi) is 3.19. The highest BCUT2D eigenvalue weighted by molar-refractivity contribution is 9.10. The van der Waals surface area contributed by atoms with Crippen molar-refractivity contribution < 1.29 is 0 Å². The van der Waals surface area contributed by atoms with E-state index in [0.717, 1.165) is 10.2 Å². The predicted molar refractivity (Wildman–Crippen MR) is 69.0 cm³/mol. The summed E-state index contributed by atoms with van der Waals surface area (Å²) in [4.78, 5) is 10.5. The SMILES string of the molecule is Cc1ccccc1N(C)c1ncc(Br)cn1. The maximum absolute atomic E-state index is 4.26. The minimum Gasteiger partial charge on any atom is -0.313 e. The van der Waals surface area contributed by atoms with Crippen LogP contribution in [0.4, 0.5) is 11.6 Å².